The predicted octanol–water partition coefficient (Wildman–Crippen LogP) is 1.14. The molecule has 0 radical (unpaired) electrons. The van der Waals surface area contributed by atoms with Gasteiger partial charge in [-0.05, 0) is 37.6 Å². The Morgan fingerprint density at radius 1 is 1.30 bits per heavy atom. The minimum atomic E-state index is -3.32. The number of nitrogens with one attached hydrogen (secondary N) is 3. The first kappa shape index (κ1) is 14.8. The summed E-state index contributed by atoms with van der Waals surface area (Å²) in [6, 6.07) is 6.48. The van der Waals surface area contributed by atoms with Gasteiger partial charge in [0, 0.05) is 5.69 Å². The summed E-state index contributed by atoms with van der Waals surface area (Å²) in [6.45, 7) is 0.855. The van der Waals surface area contributed by atoms with Gasteiger partial charge in [0.15, 0.2) is 0 Å². The molecule has 1 fully saturated rings. The minimum absolute atomic E-state index is 0.0822. The highest BCUT2D eigenvalue weighted by atomic mass is 32.2. The second-order valence-electron chi connectivity index (χ2n) is 4.95. The summed E-state index contributed by atoms with van der Waals surface area (Å²) in [7, 11) is -3.32. The average Bonchev–Trinajstić information content (AvgIpc) is 2.38. The molecule has 0 spiro atoms. The molecule has 20 heavy (non-hydrogen) atoms. The van der Waals surface area contributed by atoms with Crippen molar-refractivity contribution in [2.45, 2.75) is 25.3 Å². The van der Waals surface area contributed by atoms with Gasteiger partial charge in [-0.15, -0.1) is 0 Å². The van der Waals surface area contributed by atoms with Crippen molar-refractivity contribution in [2.24, 2.45) is 0 Å². The van der Waals surface area contributed by atoms with Crippen LogP contribution >= 0.6 is 0 Å². The van der Waals surface area contributed by atoms with E-state index in [1.54, 1.807) is 24.3 Å². The van der Waals surface area contributed by atoms with Gasteiger partial charge in [0.05, 0.1) is 18.0 Å². The second-order valence-corrected chi connectivity index (χ2v) is 6.70. The van der Waals surface area contributed by atoms with Crippen molar-refractivity contribution in [3.8, 4) is 0 Å². The smallest absolute Gasteiger partial charge is 0.241 e. The zero-order valence-electron chi connectivity index (χ0n) is 11.3. The van der Waals surface area contributed by atoms with Crippen LogP contribution in [0.1, 0.15) is 19.3 Å². The third-order valence-electron chi connectivity index (χ3n) is 3.06. The van der Waals surface area contributed by atoms with Crippen LogP contribution in [0, 0.1) is 0 Å². The lowest BCUT2D eigenvalue weighted by Gasteiger charge is -2.22. The number of piperidine rings is 1. The van der Waals surface area contributed by atoms with E-state index in [-0.39, 0.29) is 11.9 Å². The molecule has 1 unspecified atom stereocenters. The lowest BCUT2D eigenvalue weighted by Crippen LogP contribution is -2.43. The number of amides is 1. The predicted molar refractivity (Wildman–Crippen MR) is 79.2 cm³/mol. The molecule has 0 aromatic heterocycles. The highest BCUT2D eigenvalue weighted by Crippen LogP contribution is 2.17. The summed E-state index contributed by atoms with van der Waals surface area (Å²) in [5.74, 6) is -0.0822. The highest BCUT2D eigenvalue weighted by Gasteiger charge is 2.20. The maximum atomic E-state index is 12.1. The Balaban J connectivity index is 2.02. The average molecular weight is 297 g/mol. The van der Waals surface area contributed by atoms with Gasteiger partial charge in [0.2, 0.25) is 15.9 Å². The Bertz CT molecular complexity index is 580. The van der Waals surface area contributed by atoms with E-state index >= 15 is 0 Å². The van der Waals surface area contributed by atoms with Crippen LogP contribution in [-0.2, 0) is 14.8 Å². The van der Waals surface area contributed by atoms with Crippen LogP contribution in [0.4, 0.5) is 11.4 Å². The van der Waals surface area contributed by atoms with Crippen LogP contribution < -0.4 is 15.4 Å². The maximum Gasteiger partial charge on any atom is 0.241 e. The van der Waals surface area contributed by atoms with Crippen LogP contribution in [0.15, 0.2) is 24.3 Å². The van der Waals surface area contributed by atoms with Crippen LogP contribution in [0.5, 0.6) is 0 Å². The fourth-order valence-electron chi connectivity index (χ4n) is 2.18. The first-order chi connectivity index (χ1) is 9.44. The van der Waals surface area contributed by atoms with E-state index in [0.717, 1.165) is 32.1 Å². The van der Waals surface area contributed by atoms with E-state index in [4.69, 9.17) is 0 Å². The number of benzene rings is 1. The molecule has 0 saturated carbocycles. The zero-order chi connectivity index (χ0) is 14.6. The molecule has 1 aromatic carbocycles. The molecular weight excluding hydrogens is 278 g/mol. The summed E-state index contributed by atoms with van der Waals surface area (Å²) < 4.78 is 24.7. The third kappa shape index (κ3) is 4.50. The lowest BCUT2D eigenvalue weighted by atomic mass is 10.0. The minimum Gasteiger partial charge on any atom is -0.325 e. The fourth-order valence-corrected chi connectivity index (χ4v) is 2.73. The van der Waals surface area contributed by atoms with Crippen molar-refractivity contribution in [1.29, 1.82) is 0 Å². The summed E-state index contributed by atoms with van der Waals surface area (Å²) in [6.07, 6.45) is 4.05. The van der Waals surface area contributed by atoms with E-state index in [1.165, 1.54) is 0 Å². The zero-order valence-corrected chi connectivity index (χ0v) is 12.2. The van der Waals surface area contributed by atoms with Crippen molar-refractivity contribution in [1.82, 2.24) is 5.32 Å². The molecule has 1 heterocycles. The van der Waals surface area contributed by atoms with Crippen molar-refractivity contribution in [3.63, 3.8) is 0 Å². The van der Waals surface area contributed by atoms with Gasteiger partial charge in [0.25, 0.3) is 0 Å². The molecule has 1 atom stereocenters. The Morgan fingerprint density at radius 3 is 2.70 bits per heavy atom. The van der Waals surface area contributed by atoms with Crippen LogP contribution in [0.3, 0.4) is 0 Å². The molecule has 6 nitrogen and oxygen atoms in total. The van der Waals surface area contributed by atoms with Crippen LogP contribution in [-0.4, -0.2) is 33.2 Å². The number of hydrogen-bond acceptors (Lipinski definition) is 4. The van der Waals surface area contributed by atoms with Gasteiger partial charge in [-0.25, -0.2) is 8.42 Å². The first-order valence-electron chi connectivity index (χ1n) is 6.56. The van der Waals surface area contributed by atoms with Crippen molar-refractivity contribution in [2.75, 3.05) is 22.8 Å². The Hall–Kier alpha value is -1.60. The number of rotatable bonds is 4. The molecule has 0 bridgehead atoms. The van der Waals surface area contributed by atoms with E-state index < -0.39 is 10.0 Å². The summed E-state index contributed by atoms with van der Waals surface area (Å²) in [5.41, 5.74) is 1.01. The van der Waals surface area contributed by atoms with Crippen molar-refractivity contribution >= 4 is 27.3 Å². The molecule has 0 aliphatic carbocycles. The largest absolute Gasteiger partial charge is 0.325 e. The SMILES string of the molecule is CS(=O)(=O)Nc1cccc(NC(=O)C2CCCCN2)c1. The number of carbonyl (C=O) groups excluding carboxylic acids is 1. The second kappa shape index (κ2) is 6.23. The van der Waals surface area contributed by atoms with Gasteiger partial charge in [-0.1, -0.05) is 12.5 Å². The Morgan fingerprint density at radius 2 is 2.05 bits per heavy atom. The number of sulfonamides is 1. The first-order valence-corrected chi connectivity index (χ1v) is 8.45. The maximum absolute atomic E-state index is 12.1. The molecule has 1 aliphatic heterocycles. The molecule has 7 heteroatoms. The number of carbonyl (C=O) groups is 1. The van der Waals surface area contributed by atoms with Crippen molar-refractivity contribution in [3.05, 3.63) is 24.3 Å². The summed E-state index contributed by atoms with van der Waals surface area (Å²) in [5, 5.41) is 5.97. The molecule has 110 valence electrons. The third-order valence-corrected chi connectivity index (χ3v) is 3.67. The molecule has 1 aliphatic rings. The van der Waals surface area contributed by atoms with Gasteiger partial charge >= 0.3 is 0 Å². The monoisotopic (exact) mass is 297 g/mol. The van der Waals surface area contributed by atoms with Crippen molar-refractivity contribution < 1.29 is 13.2 Å². The van der Waals surface area contributed by atoms with Crippen LogP contribution in [0.25, 0.3) is 0 Å². The summed E-state index contributed by atoms with van der Waals surface area (Å²) in [4.78, 5) is 12.1. The fraction of sp³-hybridized carbons (Fsp3) is 0.462. The topological polar surface area (TPSA) is 87.3 Å². The van der Waals surface area contributed by atoms with Crippen LogP contribution in [0.2, 0.25) is 0 Å². The van der Waals surface area contributed by atoms with Gasteiger partial charge in [-0.3, -0.25) is 9.52 Å². The Labute approximate surface area is 119 Å². The lowest BCUT2D eigenvalue weighted by molar-refractivity contribution is -0.118. The number of anilines is 2. The molecule has 2 rings (SSSR count). The quantitative estimate of drug-likeness (QED) is 0.777. The van der Waals surface area contributed by atoms with Gasteiger partial charge < -0.3 is 10.6 Å². The molecular formula is C13H19N3O3S. The number of hydrogen-bond donors (Lipinski definition) is 3. The normalized spacial score (nSPS) is 19.4. The van der Waals surface area contributed by atoms with E-state index in [0.29, 0.717) is 11.4 Å². The van der Waals surface area contributed by atoms with Gasteiger partial charge in [0.1, 0.15) is 0 Å². The van der Waals surface area contributed by atoms with E-state index in [9.17, 15) is 13.2 Å². The molecule has 3 N–H and O–H groups in total. The van der Waals surface area contributed by atoms with E-state index in [2.05, 4.69) is 15.4 Å². The molecule has 1 saturated heterocycles. The summed E-state index contributed by atoms with van der Waals surface area (Å²) >= 11 is 0. The Kier molecular flexibility index (Phi) is 4.61. The van der Waals surface area contributed by atoms with E-state index in [1.807, 2.05) is 0 Å². The standard InChI is InChI=1S/C13H19N3O3S/c1-20(18,19)16-11-6-4-5-10(9-11)15-13(17)12-7-2-3-8-14-12/h4-6,9,12,14,16H,2-3,7-8H2,1H3,(H,15,17). The highest BCUT2D eigenvalue weighted by molar-refractivity contribution is 7.92. The van der Waals surface area contributed by atoms with Gasteiger partial charge in [-0.2, -0.15) is 0 Å². The molecule has 1 aromatic rings. The molecule has 1 amide bonds.